The average molecular weight is 435 g/mol. The number of amides is 2. The second-order valence-electron chi connectivity index (χ2n) is 8.05. The zero-order valence-corrected chi connectivity index (χ0v) is 18.4. The van der Waals surface area contributed by atoms with Crippen molar-refractivity contribution >= 4 is 35.2 Å². The molecule has 0 N–H and O–H groups in total. The summed E-state index contributed by atoms with van der Waals surface area (Å²) in [5, 5.41) is 0.770. The molecule has 1 aliphatic heterocycles. The number of halogens is 2. The highest BCUT2D eigenvalue weighted by Gasteiger charge is 2.46. The number of imide groups is 1. The van der Waals surface area contributed by atoms with Crippen molar-refractivity contribution in [3.05, 3.63) is 69.7 Å². The minimum atomic E-state index is -0.724. The van der Waals surface area contributed by atoms with Crippen molar-refractivity contribution in [1.82, 2.24) is 9.80 Å². The molecule has 154 valence electrons. The molecule has 2 amide bonds. The third-order valence-corrected chi connectivity index (χ3v) is 5.50. The molecule has 1 unspecified atom stereocenters. The molecule has 0 radical (unpaired) electrons. The minimum Gasteiger partial charge on any atom is -0.443 e. The zero-order chi connectivity index (χ0) is 21.3. The van der Waals surface area contributed by atoms with Gasteiger partial charge in [-0.25, -0.2) is 9.69 Å². The lowest BCUT2D eigenvalue weighted by molar-refractivity contribution is -0.127. The highest BCUT2D eigenvalue weighted by atomic mass is 35.5. The van der Waals surface area contributed by atoms with Crippen LogP contribution in [-0.2, 0) is 9.53 Å². The number of carbonyl (C=O) groups excluding carboxylic acids is 2. The van der Waals surface area contributed by atoms with Crippen LogP contribution < -0.4 is 0 Å². The highest BCUT2D eigenvalue weighted by molar-refractivity contribution is 6.42. The summed E-state index contributed by atoms with van der Waals surface area (Å²) in [4.78, 5) is 28.9. The lowest BCUT2D eigenvalue weighted by Crippen LogP contribution is -2.41. The van der Waals surface area contributed by atoms with Gasteiger partial charge in [-0.3, -0.25) is 9.69 Å². The molecule has 3 rings (SSSR count). The van der Waals surface area contributed by atoms with E-state index in [-0.39, 0.29) is 18.5 Å². The maximum Gasteiger partial charge on any atom is 0.418 e. The van der Waals surface area contributed by atoms with E-state index < -0.39 is 17.9 Å². The number of benzene rings is 2. The second-order valence-corrected chi connectivity index (χ2v) is 8.86. The summed E-state index contributed by atoms with van der Waals surface area (Å²) >= 11 is 12.3. The van der Waals surface area contributed by atoms with E-state index in [4.69, 9.17) is 27.9 Å². The Kier molecular flexibility index (Phi) is 6.22. The van der Waals surface area contributed by atoms with Crippen molar-refractivity contribution in [1.29, 1.82) is 0 Å². The second kappa shape index (κ2) is 8.34. The van der Waals surface area contributed by atoms with Crippen molar-refractivity contribution < 1.29 is 14.3 Å². The van der Waals surface area contributed by atoms with E-state index in [1.165, 1.54) is 4.90 Å². The highest BCUT2D eigenvalue weighted by Crippen LogP contribution is 2.40. The summed E-state index contributed by atoms with van der Waals surface area (Å²) in [6.45, 7) is 7.39. The first-order chi connectivity index (χ1) is 13.6. The first-order valence-electron chi connectivity index (χ1n) is 9.39. The Morgan fingerprint density at radius 2 is 1.76 bits per heavy atom. The van der Waals surface area contributed by atoms with Gasteiger partial charge >= 0.3 is 6.09 Å². The monoisotopic (exact) mass is 434 g/mol. The fourth-order valence-corrected chi connectivity index (χ4v) is 3.71. The van der Waals surface area contributed by atoms with E-state index in [9.17, 15) is 9.59 Å². The molecule has 0 bridgehead atoms. The summed E-state index contributed by atoms with van der Waals surface area (Å²) in [5.74, 6) is -0.321. The molecule has 29 heavy (non-hydrogen) atoms. The normalized spacial score (nSPS) is 18.8. The summed E-state index contributed by atoms with van der Waals surface area (Å²) in [7, 11) is 0. The fraction of sp³-hybridized carbons (Fsp3) is 0.364. The van der Waals surface area contributed by atoms with Gasteiger partial charge in [-0.1, -0.05) is 59.6 Å². The van der Waals surface area contributed by atoms with Crippen molar-refractivity contribution in [2.75, 3.05) is 6.54 Å². The van der Waals surface area contributed by atoms with Gasteiger partial charge in [-0.2, -0.15) is 0 Å². The summed E-state index contributed by atoms with van der Waals surface area (Å²) in [6.07, 6.45) is -1.33. The third kappa shape index (κ3) is 4.74. The van der Waals surface area contributed by atoms with Gasteiger partial charge in [0.1, 0.15) is 11.8 Å². The van der Waals surface area contributed by atoms with E-state index in [2.05, 4.69) is 0 Å². The maximum atomic E-state index is 12.9. The number of nitrogens with zero attached hydrogens (tertiary/aromatic N) is 2. The molecule has 2 atom stereocenters. The minimum absolute atomic E-state index is 0.0835. The molecule has 5 nitrogen and oxygen atoms in total. The Hall–Kier alpha value is -2.08. The molecule has 0 aliphatic carbocycles. The molecule has 1 heterocycles. The van der Waals surface area contributed by atoms with Crippen LogP contribution in [0.4, 0.5) is 4.79 Å². The quantitative estimate of drug-likeness (QED) is 0.609. The summed E-state index contributed by atoms with van der Waals surface area (Å²) in [5.41, 5.74) is 1.01. The van der Waals surface area contributed by atoms with Crippen LogP contribution in [0.25, 0.3) is 0 Å². The van der Waals surface area contributed by atoms with Crippen LogP contribution in [0, 0.1) is 0 Å². The van der Waals surface area contributed by atoms with E-state index in [1.54, 1.807) is 39.0 Å². The Labute approximate surface area is 181 Å². The lowest BCUT2D eigenvalue weighted by atomic mass is 10.0. The van der Waals surface area contributed by atoms with Gasteiger partial charge in [0.25, 0.3) is 0 Å². The van der Waals surface area contributed by atoms with Crippen LogP contribution in [0.2, 0.25) is 10.0 Å². The first kappa shape index (κ1) is 21.6. The molecule has 2 aromatic rings. The van der Waals surface area contributed by atoms with Gasteiger partial charge in [-0.15, -0.1) is 0 Å². The lowest BCUT2D eigenvalue weighted by Gasteiger charge is -2.34. The summed E-state index contributed by atoms with van der Waals surface area (Å²) in [6, 6.07) is 14.8. The van der Waals surface area contributed by atoms with Crippen molar-refractivity contribution in [3.63, 3.8) is 0 Å². The largest absolute Gasteiger partial charge is 0.443 e. The van der Waals surface area contributed by atoms with Crippen LogP contribution in [0.1, 0.15) is 51.0 Å². The van der Waals surface area contributed by atoms with E-state index in [1.807, 2.05) is 42.2 Å². The number of rotatable bonds is 3. The van der Waals surface area contributed by atoms with Gasteiger partial charge in [0.15, 0.2) is 0 Å². The van der Waals surface area contributed by atoms with Crippen LogP contribution in [0.5, 0.6) is 0 Å². The van der Waals surface area contributed by atoms with Gasteiger partial charge in [0.05, 0.1) is 16.6 Å². The Balaban J connectivity index is 2.04. The number of hydrogen-bond donors (Lipinski definition) is 0. The van der Waals surface area contributed by atoms with Gasteiger partial charge in [0, 0.05) is 6.04 Å². The summed E-state index contributed by atoms with van der Waals surface area (Å²) < 4.78 is 5.51. The van der Waals surface area contributed by atoms with Gasteiger partial charge in [-0.05, 0) is 51.0 Å². The molecule has 7 heteroatoms. The third-order valence-electron chi connectivity index (χ3n) is 4.76. The molecular formula is C22H24Cl2N2O3. The van der Waals surface area contributed by atoms with Crippen LogP contribution in [0.15, 0.2) is 48.5 Å². The van der Waals surface area contributed by atoms with Crippen LogP contribution in [-0.4, -0.2) is 33.9 Å². The van der Waals surface area contributed by atoms with Crippen LogP contribution >= 0.6 is 23.2 Å². The molecule has 0 spiro atoms. The molecule has 1 saturated heterocycles. The smallest absolute Gasteiger partial charge is 0.418 e. The average Bonchev–Trinajstić information content (AvgIpc) is 3.00. The number of hydrogen-bond acceptors (Lipinski definition) is 4. The van der Waals surface area contributed by atoms with Crippen molar-refractivity contribution in [3.8, 4) is 0 Å². The predicted octanol–water partition coefficient (Wildman–Crippen LogP) is 5.83. The maximum absolute atomic E-state index is 12.9. The fourth-order valence-electron chi connectivity index (χ4n) is 3.40. The molecule has 2 aromatic carbocycles. The van der Waals surface area contributed by atoms with E-state index >= 15 is 0 Å². The standard InChI is InChI=1S/C22H24Cl2N2O3/c1-14(15-8-6-5-7-9-15)25-13-19(27)26(21(28)29-22(2,3)4)20(25)16-10-11-17(23)18(24)12-16/h5-12,14,20H,13H2,1-4H3/t14-,20?/m0/s1. The van der Waals surface area contributed by atoms with Gasteiger partial charge in [0.2, 0.25) is 5.91 Å². The van der Waals surface area contributed by atoms with E-state index in [0.29, 0.717) is 15.6 Å². The molecule has 0 saturated carbocycles. The van der Waals surface area contributed by atoms with E-state index in [0.717, 1.165) is 5.56 Å². The van der Waals surface area contributed by atoms with Crippen LogP contribution in [0.3, 0.4) is 0 Å². The molecular weight excluding hydrogens is 411 g/mol. The Bertz CT molecular complexity index is 912. The first-order valence-corrected chi connectivity index (χ1v) is 10.1. The molecule has 1 aliphatic rings. The topological polar surface area (TPSA) is 49.9 Å². The zero-order valence-electron chi connectivity index (χ0n) is 16.9. The van der Waals surface area contributed by atoms with Crippen molar-refractivity contribution in [2.45, 2.75) is 45.5 Å². The number of carbonyl (C=O) groups is 2. The SMILES string of the molecule is C[C@@H](c1ccccc1)N1CC(=O)N(C(=O)OC(C)(C)C)C1c1ccc(Cl)c(Cl)c1. The molecule has 0 aromatic heterocycles. The molecule has 1 fully saturated rings. The Morgan fingerprint density at radius 3 is 2.34 bits per heavy atom. The van der Waals surface area contributed by atoms with Crippen molar-refractivity contribution in [2.24, 2.45) is 0 Å². The Morgan fingerprint density at radius 1 is 1.10 bits per heavy atom. The predicted molar refractivity (Wildman–Crippen MR) is 114 cm³/mol. The number of ether oxygens (including phenoxy) is 1. The van der Waals surface area contributed by atoms with Gasteiger partial charge < -0.3 is 4.74 Å².